The van der Waals surface area contributed by atoms with Gasteiger partial charge in [-0.25, -0.2) is 0 Å². The molecule has 1 unspecified atom stereocenters. The number of oxime groups is 1. The lowest BCUT2D eigenvalue weighted by molar-refractivity contribution is -0.131. The second-order valence-corrected chi connectivity index (χ2v) is 5.95. The van der Waals surface area contributed by atoms with Crippen molar-refractivity contribution in [1.29, 1.82) is 0 Å². The lowest BCUT2D eigenvalue weighted by Gasteiger charge is -2.11. The molecule has 7 nitrogen and oxygen atoms in total. The van der Waals surface area contributed by atoms with Gasteiger partial charge in [-0.15, -0.1) is 0 Å². The topological polar surface area (TPSA) is 78.4 Å². The molecule has 28 heavy (non-hydrogen) atoms. The molecule has 0 aliphatic rings. The highest BCUT2D eigenvalue weighted by molar-refractivity contribution is 5.85. The molecule has 1 atom stereocenters. The van der Waals surface area contributed by atoms with Crippen LogP contribution in [0.1, 0.15) is 18.1 Å². The van der Waals surface area contributed by atoms with Crippen molar-refractivity contribution in [3.05, 3.63) is 53.6 Å². The molecule has 0 bridgehead atoms. The van der Waals surface area contributed by atoms with Crippen LogP contribution in [0.3, 0.4) is 0 Å². The zero-order valence-electron chi connectivity index (χ0n) is 16.6. The molecule has 0 fully saturated rings. The number of hydrogen-bond acceptors (Lipinski definition) is 6. The first-order valence-electron chi connectivity index (χ1n) is 8.89. The Morgan fingerprint density at radius 3 is 2.46 bits per heavy atom. The summed E-state index contributed by atoms with van der Waals surface area (Å²) in [5.74, 6) is 1.72. The highest BCUT2D eigenvalue weighted by atomic mass is 16.6. The summed E-state index contributed by atoms with van der Waals surface area (Å²) in [6.07, 6.45) is 1.48. The molecule has 2 aromatic rings. The average Bonchev–Trinajstić information content (AvgIpc) is 2.73. The highest BCUT2D eigenvalue weighted by Gasteiger charge is 2.13. The van der Waals surface area contributed by atoms with Gasteiger partial charge in [0.1, 0.15) is 5.75 Å². The molecule has 0 heterocycles. The Kier molecular flexibility index (Phi) is 8.14. The number of amides is 1. The van der Waals surface area contributed by atoms with Gasteiger partial charge in [-0.05, 0) is 43.2 Å². The molecule has 0 aromatic heterocycles. The summed E-state index contributed by atoms with van der Waals surface area (Å²) in [5, 5.41) is 6.73. The van der Waals surface area contributed by atoms with E-state index >= 15 is 0 Å². The van der Waals surface area contributed by atoms with Crippen LogP contribution in [-0.2, 0) is 16.1 Å². The van der Waals surface area contributed by atoms with Crippen molar-refractivity contribution in [2.45, 2.75) is 19.4 Å². The fraction of sp³-hybridized carbons (Fsp3) is 0.333. The van der Waals surface area contributed by atoms with Crippen LogP contribution in [0.25, 0.3) is 0 Å². The van der Waals surface area contributed by atoms with Gasteiger partial charge in [0.15, 0.2) is 11.5 Å². The largest absolute Gasteiger partial charge is 0.497 e. The molecule has 0 radical (unpaired) electrons. The maximum absolute atomic E-state index is 12.1. The number of nitrogens with zero attached hydrogens (tertiary/aromatic N) is 1. The first-order chi connectivity index (χ1) is 13.6. The van der Waals surface area contributed by atoms with E-state index in [-0.39, 0.29) is 5.91 Å². The minimum Gasteiger partial charge on any atom is -0.497 e. The third kappa shape index (κ3) is 5.90. The summed E-state index contributed by atoms with van der Waals surface area (Å²) in [7, 11) is 4.74. The van der Waals surface area contributed by atoms with Crippen LogP contribution < -0.4 is 19.5 Å². The molecule has 2 aromatic carbocycles. The SMILES string of the molecule is COc1ccc(CCNC(=O)C(C)O/N=C/c2cccc(OC)c2OC)cc1. The maximum atomic E-state index is 12.1. The van der Waals surface area contributed by atoms with Crippen molar-refractivity contribution >= 4 is 12.1 Å². The molecule has 1 N–H and O–H groups in total. The zero-order valence-corrected chi connectivity index (χ0v) is 16.6. The first kappa shape index (κ1) is 21.1. The van der Waals surface area contributed by atoms with Crippen molar-refractivity contribution in [2.75, 3.05) is 27.9 Å². The lowest BCUT2D eigenvalue weighted by Crippen LogP contribution is -2.34. The third-order valence-corrected chi connectivity index (χ3v) is 4.09. The number of benzene rings is 2. The van der Waals surface area contributed by atoms with Gasteiger partial charge in [-0.1, -0.05) is 23.4 Å². The van der Waals surface area contributed by atoms with Gasteiger partial charge in [0.25, 0.3) is 5.91 Å². The van der Waals surface area contributed by atoms with Crippen LogP contribution in [0, 0.1) is 0 Å². The van der Waals surface area contributed by atoms with E-state index in [1.54, 1.807) is 34.3 Å². The molecule has 150 valence electrons. The molecule has 2 rings (SSSR count). The first-order valence-corrected chi connectivity index (χ1v) is 8.89. The Morgan fingerprint density at radius 1 is 1.07 bits per heavy atom. The van der Waals surface area contributed by atoms with Crippen molar-refractivity contribution in [3.8, 4) is 17.2 Å². The lowest BCUT2D eigenvalue weighted by atomic mass is 10.1. The fourth-order valence-electron chi connectivity index (χ4n) is 2.51. The number of hydrogen-bond donors (Lipinski definition) is 1. The van der Waals surface area contributed by atoms with Crippen LogP contribution in [0.5, 0.6) is 17.2 Å². The van der Waals surface area contributed by atoms with Crippen molar-refractivity contribution < 1.29 is 23.8 Å². The minimum atomic E-state index is -0.719. The van der Waals surface area contributed by atoms with E-state index in [4.69, 9.17) is 19.0 Å². The summed E-state index contributed by atoms with van der Waals surface area (Å²) in [6.45, 7) is 2.15. The summed E-state index contributed by atoms with van der Waals surface area (Å²) < 4.78 is 15.7. The zero-order chi connectivity index (χ0) is 20.4. The maximum Gasteiger partial charge on any atom is 0.263 e. The second-order valence-electron chi connectivity index (χ2n) is 5.95. The van der Waals surface area contributed by atoms with Crippen LogP contribution in [0.4, 0.5) is 0 Å². The van der Waals surface area contributed by atoms with E-state index in [0.717, 1.165) is 11.3 Å². The number of methoxy groups -OCH3 is 3. The van der Waals surface area contributed by atoms with E-state index < -0.39 is 6.10 Å². The standard InChI is InChI=1S/C21H26N2O5/c1-15(21(24)22-13-12-16-8-10-18(25-2)11-9-16)28-23-14-17-6-5-7-19(26-3)20(17)27-4/h5-11,14-15H,12-13H2,1-4H3,(H,22,24)/b23-14+. The number of nitrogens with one attached hydrogen (secondary N) is 1. The molecular weight excluding hydrogens is 360 g/mol. The predicted octanol–water partition coefficient (Wildman–Crippen LogP) is 2.81. The highest BCUT2D eigenvalue weighted by Crippen LogP contribution is 2.29. The Morgan fingerprint density at radius 2 is 1.82 bits per heavy atom. The summed E-state index contributed by atoms with van der Waals surface area (Å²) in [5.41, 5.74) is 1.80. The molecule has 0 saturated carbocycles. The van der Waals surface area contributed by atoms with E-state index in [0.29, 0.717) is 30.0 Å². The van der Waals surface area contributed by atoms with Gasteiger partial charge in [0.05, 0.1) is 27.5 Å². The van der Waals surface area contributed by atoms with Gasteiger partial charge in [-0.2, -0.15) is 0 Å². The fourth-order valence-corrected chi connectivity index (χ4v) is 2.51. The summed E-state index contributed by atoms with van der Waals surface area (Å²) in [6, 6.07) is 13.1. The smallest absolute Gasteiger partial charge is 0.263 e. The Balaban J connectivity index is 1.81. The van der Waals surface area contributed by atoms with Gasteiger partial charge in [0, 0.05) is 12.1 Å². The molecule has 1 amide bonds. The van der Waals surface area contributed by atoms with Crippen molar-refractivity contribution in [2.24, 2.45) is 5.16 Å². The van der Waals surface area contributed by atoms with E-state index in [9.17, 15) is 4.79 Å². The van der Waals surface area contributed by atoms with Crippen LogP contribution in [-0.4, -0.2) is 46.1 Å². The van der Waals surface area contributed by atoms with Crippen LogP contribution in [0.15, 0.2) is 47.6 Å². The molecule has 0 aliphatic carbocycles. The number of carbonyl (C=O) groups is 1. The Bertz CT molecular complexity index is 790. The van der Waals surface area contributed by atoms with Crippen LogP contribution in [0.2, 0.25) is 0 Å². The summed E-state index contributed by atoms with van der Waals surface area (Å²) in [4.78, 5) is 17.4. The third-order valence-electron chi connectivity index (χ3n) is 4.09. The Labute approximate surface area is 165 Å². The quantitative estimate of drug-likeness (QED) is 0.502. The van der Waals surface area contributed by atoms with Crippen LogP contribution >= 0.6 is 0 Å². The monoisotopic (exact) mass is 386 g/mol. The number of carbonyl (C=O) groups excluding carboxylic acids is 1. The van der Waals surface area contributed by atoms with E-state index in [2.05, 4.69) is 10.5 Å². The number of para-hydroxylation sites is 1. The molecule has 0 spiro atoms. The predicted molar refractivity (Wildman–Crippen MR) is 107 cm³/mol. The van der Waals surface area contributed by atoms with Gasteiger partial charge in [-0.3, -0.25) is 4.79 Å². The minimum absolute atomic E-state index is 0.233. The Hall–Kier alpha value is -3.22. The number of ether oxygens (including phenoxy) is 3. The van der Waals surface area contributed by atoms with Gasteiger partial charge < -0.3 is 24.4 Å². The second kappa shape index (κ2) is 10.8. The van der Waals surface area contributed by atoms with E-state index in [1.807, 2.05) is 36.4 Å². The average molecular weight is 386 g/mol. The van der Waals surface area contributed by atoms with Crippen molar-refractivity contribution in [3.63, 3.8) is 0 Å². The molecular formula is C21H26N2O5. The number of rotatable bonds is 10. The molecule has 0 saturated heterocycles. The molecule has 0 aliphatic heterocycles. The van der Waals surface area contributed by atoms with Gasteiger partial charge in [0.2, 0.25) is 6.10 Å². The molecule has 7 heteroatoms. The van der Waals surface area contributed by atoms with Crippen molar-refractivity contribution in [1.82, 2.24) is 5.32 Å². The van der Waals surface area contributed by atoms with E-state index in [1.165, 1.54) is 6.21 Å². The summed E-state index contributed by atoms with van der Waals surface area (Å²) >= 11 is 0. The normalized spacial score (nSPS) is 11.7. The van der Waals surface area contributed by atoms with Gasteiger partial charge >= 0.3 is 0 Å².